The Morgan fingerprint density at radius 1 is 0.789 bits per heavy atom. The molecule has 4 atom stereocenters. The monoisotopic (exact) mass is 543 g/mol. The van der Waals surface area contributed by atoms with Crippen molar-refractivity contribution in [3.63, 3.8) is 0 Å². The molecule has 0 rings (SSSR count). The van der Waals surface area contributed by atoms with E-state index in [1.54, 1.807) is 0 Å². The Balaban J connectivity index is 5.58. The highest BCUT2D eigenvalue weighted by Crippen LogP contribution is 2.09. The second-order valence-electron chi connectivity index (χ2n) is 9.50. The number of hydrogen-bond donors (Lipinski definition) is 9. The molecule has 38 heavy (non-hydrogen) atoms. The number of carboxylic acid groups (broad SMARTS) is 1. The van der Waals surface area contributed by atoms with Crippen LogP contribution in [0.5, 0.6) is 0 Å². The van der Waals surface area contributed by atoms with Crippen molar-refractivity contribution in [3.05, 3.63) is 0 Å². The molecule has 0 aliphatic carbocycles. The van der Waals surface area contributed by atoms with Crippen molar-refractivity contribution < 1.29 is 29.1 Å². The average molecular weight is 544 g/mol. The van der Waals surface area contributed by atoms with Crippen LogP contribution in [0.25, 0.3) is 0 Å². The van der Waals surface area contributed by atoms with Crippen molar-refractivity contribution in [2.24, 2.45) is 39.6 Å². The topological polar surface area (TPSA) is 284 Å². The van der Waals surface area contributed by atoms with Crippen molar-refractivity contribution in [2.45, 2.75) is 89.4 Å². The van der Waals surface area contributed by atoms with E-state index < -0.39 is 53.8 Å². The molecule has 4 unspecified atom stereocenters. The first-order valence-electron chi connectivity index (χ1n) is 12.7. The summed E-state index contributed by atoms with van der Waals surface area (Å²) in [6.07, 6.45) is 1.96. The van der Waals surface area contributed by atoms with Crippen LogP contribution < -0.4 is 44.6 Å². The largest absolute Gasteiger partial charge is 0.480 e. The first kappa shape index (κ1) is 34.5. The summed E-state index contributed by atoms with van der Waals surface area (Å²) in [7, 11) is 0. The number of unbranched alkanes of at least 4 members (excludes halogenated alkanes) is 1. The van der Waals surface area contributed by atoms with Crippen LogP contribution in [0.1, 0.15) is 65.2 Å². The maximum atomic E-state index is 13.2. The van der Waals surface area contributed by atoms with Gasteiger partial charge in [0, 0.05) is 13.0 Å². The van der Waals surface area contributed by atoms with Crippen LogP contribution in [0.4, 0.5) is 0 Å². The van der Waals surface area contributed by atoms with Gasteiger partial charge in [-0.15, -0.1) is 0 Å². The minimum absolute atomic E-state index is 0.0502. The van der Waals surface area contributed by atoms with E-state index in [0.717, 1.165) is 0 Å². The lowest BCUT2D eigenvalue weighted by Gasteiger charge is -2.26. The van der Waals surface area contributed by atoms with E-state index in [1.165, 1.54) is 0 Å². The van der Waals surface area contributed by atoms with Gasteiger partial charge in [0.25, 0.3) is 0 Å². The predicted molar refractivity (Wildman–Crippen MR) is 142 cm³/mol. The fourth-order valence-corrected chi connectivity index (χ4v) is 3.48. The Labute approximate surface area is 223 Å². The minimum Gasteiger partial charge on any atom is -0.480 e. The summed E-state index contributed by atoms with van der Waals surface area (Å²) in [5.74, 6) is -4.15. The number of primary amides is 1. The molecule has 0 saturated heterocycles. The molecule has 14 N–H and O–H groups in total. The third-order valence-electron chi connectivity index (χ3n) is 5.52. The van der Waals surface area contributed by atoms with Gasteiger partial charge in [-0.25, -0.2) is 4.79 Å². The molecule has 0 spiro atoms. The lowest BCUT2D eigenvalue weighted by molar-refractivity contribution is -0.142. The third kappa shape index (κ3) is 15.6. The number of carboxylic acids is 1. The highest BCUT2D eigenvalue weighted by molar-refractivity contribution is 5.94. The Morgan fingerprint density at radius 3 is 1.89 bits per heavy atom. The zero-order valence-electron chi connectivity index (χ0n) is 22.3. The number of guanidine groups is 1. The van der Waals surface area contributed by atoms with Crippen LogP contribution in [0.15, 0.2) is 4.99 Å². The normalized spacial score (nSPS) is 14.0. The van der Waals surface area contributed by atoms with Crippen LogP contribution in [0.2, 0.25) is 0 Å². The fourth-order valence-electron chi connectivity index (χ4n) is 3.48. The zero-order chi connectivity index (χ0) is 29.3. The van der Waals surface area contributed by atoms with Gasteiger partial charge in [0.1, 0.15) is 18.1 Å². The van der Waals surface area contributed by atoms with Gasteiger partial charge in [0.05, 0.1) is 6.04 Å². The van der Waals surface area contributed by atoms with Crippen molar-refractivity contribution in [1.82, 2.24) is 16.0 Å². The van der Waals surface area contributed by atoms with E-state index in [-0.39, 0.29) is 44.1 Å². The number of aliphatic carboxylic acids is 1. The van der Waals surface area contributed by atoms with Gasteiger partial charge in [-0.2, -0.15) is 0 Å². The van der Waals surface area contributed by atoms with E-state index >= 15 is 0 Å². The molecular formula is C23H45N9O6. The Hall–Kier alpha value is -3.46. The van der Waals surface area contributed by atoms with Crippen LogP contribution in [0.3, 0.4) is 0 Å². The third-order valence-corrected chi connectivity index (χ3v) is 5.52. The molecule has 15 heteroatoms. The standard InChI is InChI=1S/C23H45N9O6/c1-13(2)12-17(21(36)31-16(22(37)38)8-9-18(26)33)32-20(35)15(7-5-11-29-23(27)28)30-19(34)14(25)6-3-4-10-24/h13-17H,3-12,24-25H2,1-2H3,(H2,26,33)(H,30,34)(H,31,36)(H,32,35)(H,37,38)(H4,27,28,29). The van der Waals surface area contributed by atoms with Crippen molar-refractivity contribution in [1.29, 1.82) is 0 Å². The highest BCUT2D eigenvalue weighted by Gasteiger charge is 2.30. The molecule has 0 heterocycles. The van der Waals surface area contributed by atoms with E-state index in [2.05, 4.69) is 20.9 Å². The summed E-state index contributed by atoms with van der Waals surface area (Å²) >= 11 is 0. The summed E-state index contributed by atoms with van der Waals surface area (Å²) in [4.78, 5) is 65.2. The molecule has 0 aliphatic rings. The molecule has 0 fully saturated rings. The number of aliphatic imine (C=N–C) groups is 1. The Morgan fingerprint density at radius 2 is 1.37 bits per heavy atom. The molecule has 0 aromatic heterocycles. The van der Waals surface area contributed by atoms with Gasteiger partial charge in [0.2, 0.25) is 23.6 Å². The van der Waals surface area contributed by atoms with Crippen LogP contribution in [-0.2, 0) is 24.0 Å². The highest BCUT2D eigenvalue weighted by atomic mass is 16.4. The maximum absolute atomic E-state index is 13.2. The van der Waals surface area contributed by atoms with E-state index in [9.17, 15) is 29.1 Å². The van der Waals surface area contributed by atoms with E-state index in [1.807, 2.05) is 13.8 Å². The first-order chi connectivity index (χ1) is 17.8. The van der Waals surface area contributed by atoms with Gasteiger partial charge in [0.15, 0.2) is 5.96 Å². The molecule has 4 amide bonds. The van der Waals surface area contributed by atoms with Crippen LogP contribution in [-0.4, -0.2) is 77.9 Å². The molecule has 0 aromatic carbocycles. The summed E-state index contributed by atoms with van der Waals surface area (Å²) in [6, 6.07) is -4.38. The summed E-state index contributed by atoms with van der Waals surface area (Å²) < 4.78 is 0. The number of rotatable bonds is 20. The second-order valence-corrected chi connectivity index (χ2v) is 9.50. The smallest absolute Gasteiger partial charge is 0.326 e. The number of hydrogen-bond acceptors (Lipinski definition) is 8. The molecule has 0 aromatic rings. The first-order valence-corrected chi connectivity index (χ1v) is 12.7. The lowest BCUT2D eigenvalue weighted by Crippen LogP contribution is -2.57. The fraction of sp³-hybridized carbons (Fsp3) is 0.739. The van der Waals surface area contributed by atoms with Crippen LogP contribution in [0, 0.1) is 5.92 Å². The number of carbonyl (C=O) groups excluding carboxylic acids is 4. The second kappa shape index (κ2) is 18.7. The van der Waals surface area contributed by atoms with Gasteiger partial charge in [-0.3, -0.25) is 24.2 Å². The molecule has 0 radical (unpaired) electrons. The number of nitrogens with two attached hydrogens (primary N) is 5. The van der Waals surface area contributed by atoms with Gasteiger partial charge < -0.3 is 49.7 Å². The number of nitrogens with zero attached hydrogens (tertiary/aromatic N) is 1. The number of amides is 4. The Kier molecular flexibility index (Phi) is 17.0. The molecule has 218 valence electrons. The zero-order valence-corrected chi connectivity index (χ0v) is 22.3. The van der Waals surface area contributed by atoms with E-state index in [4.69, 9.17) is 28.7 Å². The molecule has 0 bridgehead atoms. The molecule has 0 aliphatic heterocycles. The summed E-state index contributed by atoms with van der Waals surface area (Å²) in [5, 5.41) is 17.0. The average Bonchev–Trinajstić information content (AvgIpc) is 2.82. The van der Waals surface area contributed by atoms with Crippen molar-refractivity contribution >= 4 is 35.6 Å². The van der Waals surface area contributed by atoms with Gasteiger partial charge >= 0.3 is 5.97 Å². The summed E-state index contributed by atoms with van der Waals surface area (Å²) in [5.41, 5.74) is 27.2. The summed E-state index contributed by atoms with van der Waals surface area (Å²) in [6.45, 7) is 4.32. The molecule has 15 nitrogen and oxygen atoms in total. The van der Waals surface area contributed by atoms with Crippen LogP contribution >= 0.6 is 0 Å². The van der Waals surface area contributed by atoms with Gasteiger partial charge in [-0.1, -0.05) is 20.3 Å². The lowest BCUT2D eigenvalue weighted by atomic mass is 10.0. The molecular weight excluding hydrogens is 498 g/mol. The van der Waals surface area contributed by atoms with E-state index in [0.29, 0.717) is 32.2 Å². The minimum atomic E-state index is -1.37. The SMILES string of the molecule is CC(C)CC(NC(=O)C(CCCN=C(N)N)NC(=O)C(N)CCCCN)C(=O)NC(CCC(N)=O)C(=O)O. The van der Waals surface area contributed by atoms with Gasteiger partial charge in [-0.05, 0) is 51.0 Å². The van der Waals surface area contributed by atoms with Crippen molar-refractivity contribution in [3.8, 4) is 0 Å². The maximum Gasteiger partial charge on any atom is 0.326 e. The van der Waals surface area contributed by atoms with Crippen molar-refractivity contribution in [2.75, 3.05) is 13.1 Å². The predicted octanol–water partition coefficient (Wildman–Crippen LogP) is -2.65. The number of carbonyl (C=O) groups is 5. The Bertz CT molecular complexity index is 817. The quantitative estimate of drug-likeness (QED) is 0.0436. The number of nitrogens with one attached hydrogen (secondary N) is 3. The molecule has 0 saturated carbocycles.